The van der Waals surface area contributed by atoms with Crippen LogP contribution >= 0.6 is 0 Å². The molecule has 0 heterocycles. The Kier molecular flexibility index (Phi) is 3.90. The Hall–Kier alpha value is 0. The average molecular weight is 234 g/mol. The average Bonchev–Trinajstić information content (AvgIpc) is 2.27. The Morgan fingerprint density at radius 3 is 1.53 bits per heavy atom. The summed E-state index contributed by atoms with van der Waals surface area (Å²) in [5, 5.41) is 0. The van der Waals surface area contributed by atoms with E-state index in [1.165, 1.54) is 57.8 Å². The third-order valence-corrected chi connectivity index (χ3v) is 5.90. The van der Waals surface area contributed by atoms with E-state index in [9.17, 15) is 0 Å². The second-order valence-electron chi connectivity index (χ2n) is 7.27. The van der Waals surface area contributed by atoms with Gasteiger partial charge in [-0.05, 0) is 54.8 Å². The van der Waals surface area contributed by atoms with E-state index in [4.69, 9.17) is 0 Å². The molecule has 0 nitrogen and oxygen atoms in total. The lowest BCUT2D eigenvalue weighted by Crippen LogP contribution is -2.38. The van der Waals surface area contributed by atoms with Gasteiger partial charge in [0.1, 0.15) is 0 Å². The monoisotopic (exact) mass is 234 g/mol. The molecule has 0 aromatic rings. The summed E-state index contributed by atoms with van der Waals surface area (Å²) in [5.41, 5.74) is 1.07. The van der Waals surface area contributed by atoms with Gasteiger partial charge in [0, 0.05) is 0 Å². The standard InChI is InChI=1S/C17H30/c1-14-9-5-7-11-16(14,3)13-17(4)12-8-6-10-15(17)2/h5-13H2,1-4H3. The highest BCUT2D eigenvalue weighted by molar-refractivity contribution is 5.12. The first-order chi connectivity index (χ1) is 7.96. The molecule has 0 saturated heterocycles. The van der Waals surface area contributed by atoms with Crippen molar-refractivity contribution in [1.82, 2.24) is 0 Å². The molecule has 2 rings (SSSR count). The van der Waals surface area contributed by atoms with E-state index in [2.05, 4.69) is 27.7 Å². The van der Waals surface area contributed by atoms with Gasteiger partial charge in [0.2, 0.25) is 0 Å². The molecule has 2 radical (unpaired) electrons. The zero-order chi connectivity index (χ0) is 12.5. The van der Waals surface area contributed by atoms with Gasteiger partial charge in [-0.25, -0.2) is 0 Å². The highest BCUT2D eigenvalue weighted by Crippen LogP contribution is 2.55. The van der Waals surface area contributed by atoms with Crippen molar-refractivity contribution in [2.45, 2.75) is 85.5 Å². The van der Waals surface area contributed by atoms with E-state index in [1.807, 2.05) is 0 Å². The van der Waals surface area contributed by atoms with Gasteiger partial charge in [0.05, 0.1) is 0 Å². The molecule has 0 bridgehead atoms. The summed E-state index contributed by atoms with van der Waals surface area (Å²) >= 11 is 0. The van der Waals surface area contributed by atoms with Crippen LogP contribution in [0, 0.1) is 22.7 Å². The topological polar surface area (TPSA) is 0 Å². The van der Waals surface area contributed by atoms with Crippen LogP contribution in [-0.2, 0) is 0 Å². The minimum Gasteiger partial charge on any atom is -0.0591 e. The third kappa shape index (κ3) is 2.71. The van der Waals surface area contributed by atoms with Crippen LogP contribution < -0.4 is 0 Å². The van der Waals surface area contributed by atoms with Crippen LogP contribution in [0.15, 0.2) is 0 Å². The summed E-state index contributed by atoms with van der Waals surface area (Å²) in [6.45, 7) is 9.91. The third-order valence-electron chi connectivity index (χ3n) is 5.90. The van der Waals surface area contributed by atoms with Crippen LogP contribution in [0.25, 0.3) is 0 Å². The summed E-state index contributed by atoms with van der Waals surface area (Å²) in [4.78, 5) is 0. The van der Waals surface area contributed by atoms with Gasteiger partial charge in [-0.2, -0.15) is 0 Å². The molecule has 0 spiro atoms. The lowest BCUT2D eigenvalue weighted by Gasteiger charge is -2.49. The Morgan fingerprint density at radius 1 is 0.765 bits per heavy atom. The molecule has 98 valence electrons. The maximum Gasteiger partial charge on any atom is -0.0213 e. The van der Waals surface area contributed by atoms with Gasteiger partial charge in [0.25, 0.3) is 0 Å². The highest BCUT2D eigenvalue weighted by atomic mass is 14.5. The summed E-state index contributed by atoms with van der Waals surface area (Å²) in [5.74, 6) is 3.56. The van der Waals surface area contributed by atoms with Crippen molar-refractivity contribution in [3.05, 3.63) is 11.8 Å². The zero-order valence-electron chi connectivity index (χ0n) is 12.4. The van der Waals surface area contributed by atoms with Crippen molar-refractivity contribution < 1.29 is 0 Å². The van der Waals surface area contributed by atoms with Crippen molar-refractivity contribution in [3.8, 4) is 0 Å². The SMILES string of the molecule is C[C]1CCCCC1(C)CC1(C)CCCC[C]1C. The summed E-state index contributed by atoms with van der Waals surface area (Å²) in [6, 6.07) is 0. The molecule has 0 heteroatoms. The first-order valence-corrected chi connectivity index (χ1v) is 7.62. The molecule has 0 aromatic heterocycles. The van der Waals surface area contributed by atoms with Crippen LogP contribution in [0.4, 0.5) is 0 Å². The lowest BCUT2D eigenvalue weighted by atomic mass is 9.56. The predicted molar refractivity (Wildman–Crippen MR) is 75.6 cm³/mol. The largest absolute Gasteiger partial charge is 0.0591 e. The molecule has 2 fully saturated rings. The Morgan fingerprint density at radius 2 is 1.18 bits per heavy atom. The van der Waals surface area contributed by atoms with Crippen molar-refractivity contribution in [2.24, 2.45) is 10.8 Å². The zero-order valence-corrected chi connectivity index (χ0v) is 12.4. The molecule has 2 saturated carbocycles. The van der Waals surface area contributed by atoms with E-state index in [1.54, 1.807) is 11.8 Å². The van der Waals surface area contributed by atoms with Gasteiger partial charge in [-0.3, -0.25) is 0 Å². The maximum atomic E-state index is 2.54. The van der Waals surface area contributed by atoms with Gasteiger partial charge < -0.3 is 0 Å². The fourth-order valence-corrected chi connectivity index (χ4v) is 4.18. The van der Waals surface area contributed by atoms with Gasteiger partial charge in [0.15, 0.2) is 0 Å². The lowest BCUT2D eigenvalue weighted by molar-refractivity contribution is 0.118. The normalized spacial score (nSPS) is 41.6. The van der Waals surface area contributed by atoms with Crippen LogP contribution in [0.1, 0.15) is 85.5 Å². The fraction of sp³-hybridized carbons (Fsp3) is 0.882. The van der Waals surface area contributed by atoms with Crippen LogP contribution in [-0.4, -0.2) is 0 Å². The molecular formula is C17H30. The molecule has 2 aliphatic carbocycles. The van der Waals surface area contributed by atoms with Crippen LogP contribution in [0.2, 0.25) is 0 Å². The minimum absolute atomic E-state index is 0.533. The van der Waals surface area contributed by atoms with Crippen molar-refractivity contribution in [3.63, 3.8) is 0 Å². The van der Waals surface area contributed by atoms with E-state index in [0.29, 0.717) is 10.8 Å². The minimum atomic E-state index is 0.533. The molecule has 2 aliphatic rings. The van der Waals surface area contributed by atoms with Crippen molar-refractivity contribution in [1.29, 1.82) is 0 Å². The molecular weight excluding hydrogens is 204 g/mol. The predicted octanol–water partition coefficient (Wildman–Crippen LogP) is 5.73. The smallest absolute Gasteiger partial charge is 0.0213 e. The Labute approximate surface area is 109 Å². The van der Waals surface area contributed by atoms with E-state index in [0.717, 1.165) is 0 Å². The second kappa shape index (κ2) is 4.94. The molecule has 2 atom stereocenters. The number of hydrogen-bond donors (Lipinski definition) is 0. The highest BCUT2D eigenvalue weighted by Gasteiger charge is 2.43. The van der Waals surface area contributed by atoms with Gasteiger partial charge >= 0.3 is 0 Å². The first-order valence-electron chi connectivity index (χ1n) is 7.62. The second-order valence-corrected chi connectivity index (χ2v) is 7.27. The van der Waals surface area contributed by atoms with Crippen LogP contribution in [0.3, 0.4) is 0 Å². The summed E-state index contributed by atoms with van der Waals surface area (Å²) in [7, 11) is 0. The van der Waals surface area contributed by atoms with Crippen molar-refractivity contribution in [2.75, 3.05) is 0 Å². The quantitative estimate of drug-likeness (QED) is 0.572. The van der Waals surface area contributed by atoms with Crippen molar-refractivity contribution >= 4 is 0 Å². The molecule has 0 N–H and O–H groups in total. The van der Waals surface area contributed by atoms with E-state index < -0.39 is 0 Å². The fourth-order valence-electron chi connectivity index (χ4n) is 4.18. The van der Waals surface area contributed by atoms with Gasteiger partial charge in [-0.1, -0.05) is 53.4 Å². The first kappa shape index (κ1) is 13.4. The molecule has 2 unspecified atom stereocenters. The van der Waals surface area contributed by atoms with Crippen LogP contribution in [0.5, 0.6) is 0 Å². The van der Waals surface area contributed by atoms with E-state index in [-0.39, 0.29) is 0 Å². The number of rotatable bonds is 2. The summed E-state index contributed by atoms with van der Waals surface area (Å²) in [6.07, 6.45) is 12.8. The molecule has 0 amide bonds. The van der Waals surface area contributed by atoms with E-state index >= 15 is 0 Å². The maximum absolute atomic E-state index is 2.54. The molecule has 0 aromatic carbocycles. The summed E-state index contributed by atoms with van der Waals surface area (Å²) < 4.78 is 0. The Bertz CT molecular complexity index is 231. The Balaban J connectivity index is 2.07. The van der Waals surface area contributed by atoms with Gasteiger partial charge in [-0.15, -0.1) is 0 Å². The molecule has 0 aliphatic heterocycles. The molecule has 17 heavy (non-hydrogen) atoms. The number of hydrogen-bond acceptors (Lipinski definition) is 0.